The maximum Gasteiger partial charge on any atom is 0.326 e. The quantitative estimate of drug-likeness (QED) is 0.660. The molecule has 8 heteroatoms. The highest BCUT2D eigenvalue weighted by Crippen LogP contribution is 2.08. The van der Waals surface area contributed by atoms with E-state index in [1.807, 2.05) is 13.8 Å². The fourth-order valence-electron chi connectivity index (χ4n) is 1.07. The van der Waals surface area contributed by atoms with E-state index in [-0.39, 0.29) is 23.2 Å². The molecule has 0 fully saturated rings. The van der Waals surface area contributed by atoms with Gasteiger partial charge in [-0.15, -0.1) is 11.8 Å². The molecule has 6 nitrogen and oxygen atoms in total. The molecule has 0 bridgehead atoms. The summed E-state index contributed by atoms with van der Waals surface area (Å²) in [6, 6.07) is -1.15. The summed E-state index contributed by atoms with van der Waals surface area (Å²) in [5, 5.41) is 11.5. The number of hydrogen-bond acceptors (Lipinski definition) is 5. The number of sulfone groups is 1. The summed E-state index contributed by atoms with van der Waals surface area (Å²) in [7, 11) is -3.23. The van der Waals surface area contributed by atoms with E-state index in [1.165, 1.54) is 11.8 Å². The van der Waals surface area contributed by atoms with Crippen LogP contribution in [0, 0.1) is 0 Å². The minimum absolute atomic E-state index is 0.119. The number of amides is 1. The molecule has 0 aliphatic carbocycles. The Morgan fingerprint density at radius 2 is 1.89 bits per heavy atom. The maximum atomic E-state index is 11.4. The lowest BCUT2D eigenvalue weighted by atomic mass is 10.2. The minimum atomic E-state index is -3.23. The van der Waals surface area contributed by atoms with Gasteiger partial charge in [0, 0.05) is 6.26 Å². The van der Waals surface area contributed by atoms with Gasteiger partial charge in [0.05, 0.1) is 11.5 Å². The number of hydrogen-bond donors (Lipinski definition) is 2. The van der Waals surface area contributed by atoms with Gasteiger partial charge in [-0.2, -0.15) is 0 Å². The van der Waals surface area contributed by atoms with Crippen LogP contribution in [0.5, 0.6) is 0 Å². The molecule has 0 radical (unpaired) electrons. The van der Waals surface area contributed by atoms with Gasteiger partial charge in [0.25, 0.3) is 0 Å². The third-order valence-electron chi connectivity index (χ3n) is 1.96. The van der Waals surface area contributed by atoms with E-state index < -0.39 is 27.8 Å². The van der Waals surface area contributed by atoms with E-state index in [0.717, 1.165) is 6.26 Å². The summed E-state index contributed by atoms with van der Waals surface area (Å²) in [6.07, 6.45) is 0.911. The van der Waals surface area contributed by atoms with E-state index >= 15 is 0 Å². The summed E-state index contributed by atoms with van der Waals surface area (Å²) in [5.41, 5.74) is 0. The highest BCUT2D eigenvalue weighted by Gasteiger charge is 2.21. The van der Waals surface area contributed by atoms with Crippen molar-refractivity contribution < 1.29 is 23.1 Å². The Morgan fingerprint density at radius 3 is 2.28 bits per heavy atom. The summed E-state index contributed by atoms with van der Waals surface area (Å²) in [6.45, 7) is 3.85. The summed E-state index contributed by atoms with van der Waals surface area (Å²) in [4.78, 5) is 22.3. The summed E-state index contributed by atoms with van der Waals surface area (Å²) < 4.78 is 21.9. The van der Waals surface area contributed by atoms with Crippen molar-refractivity contribution in [1.29, 1.82) is 0 Å². The number of carbonyl (C=O) groups is 2. The average molecular weight is 297 g/mol. The van der Waals surface area contributed by atoms with Crippen molar-refractivity contribution >= 4 is 33.5 Å². The standard InChI is InChI=1S/C10H19NO5S2/c1-7(2)17-6-9(12)11-8(10(13)14)4-5-18(3,15)16/h7-8H,4-6H2,1-3H3,(H,11,12)(H,13,14). The van der Waals surface area contributed by atoms with Crippen LogP contribution in [0.1, 0.15) is 20.3 Å². The SMILES string of the molecule is CC(C)SCC(=O)NC(CCS(C)(=O)=O)C(=O)O. The predicted octanol–water partition coefficient (Wildman–Crippen LogP) is 0.132. The van der Waals surface area contributed by atoms with Gasteiger partial charge in [0.1, 0.15) is 15.9 Å². The van der Waals surface area contributed by atoms with E-state index in [2.05, 4.69) is 5.32 Å². The Kier molecular flexibility index (Phi) is 7.30. The van der Waals surface area contributed by atoms with Crippen LogP contribution in [-0.2, 0) is 19.4 Å². The highest BCUT2D eigenvalue weighted by atomic mass is 32.2. The fraction of sp³-hybridized carbons (Fsp3) is 0.800. The van der Waals surface area contributed by atoms with Crippen LogP contribution >= 0.6 is 11.8 Å². The number of carbonyl (C=O) groups excluding carboxylic acids is 1. The smallest absolute Gasteiger partial charge is 0.326 e. The molecule has 1 amide bonds. The van der Waals surface area contributed by atoms with Crippen molar-refractivity contribution in [3.63, 3.8) is 0 Å². The van der Waals surface area contributed by atoms with Gasteiger partial charge in [-0.3, -0.25) is 4.79 Å². The minimum Gasteiger partial charge on any atom is -0.480 e. The average Bonchev–Trinajstić information content (AvgIpc) is 2.19. The molecule has 2 N–H and O–H groups in total. The van der Waals surface area contributed by atoms with Crippen LogP contribution < -0.4 is 5.32 Å². The van der Waals surface area contributed by atoms with Gasteiger partial charge in [0.2, 0.25) is 5.91 Å². The molecule has 1 atom stereocenters. The third kappa shape index (κ3) is 9.29. The molecule has 0 aromatic heterocycles. The van der Waals surface area contributed by atoms with Crippen molar-refractivity contribution in [1.82, 2.24) is 5.32 Å². The molecule has 18 heavy (non-hydrogen) atoms. The fourth-order valence-corrected chi connectivity index (χ4v) is 2.30. The summed E-state index contributed by atoms with van der Waals surface area (Å²) in [5.74, 6) is -1.71. The maximum absolute atomic E-state index is 11.4. The molecule has 106 valence electrons. The molecular formula is C10H19NO5S2. The number of rotatable bonds is 8. The molecule has 0 aliphatic rings. The predicted molar refractivity (Wildman–Crippen MR) is 71.5 cm³/mol. The molecule has 1 unspecified atom stereocenters. The zero-order valence-corrected chi connectivity index (χ0v) is 12.3. The van der Waals surface area contributed by atoms with Crippen molar-refractivity contribution in [2.75, 3.05) is 17.8 Å². The van der Waals surface area contributed by atoms with E-state index in [4.69, 9.17) is 5.11 Å². The molecular weight excluding hydrogens is 278 g/mol. The zero-order valence-electron chi connectivity index (χ0n) is 10.7. The number of aliphatic carboxylic acids is 1. The van der Waals surface area contributed by atoms with Crippen molar-refractivity contribution in [3.05, 3.63) is 0 Å². The zero-order chi connectivity index (χ0) is 14.3. The topological polar surface area (TPSA) is 101 Å². The first-order valence-electron chi connectivity index (χ1n) is 5.43. The first-order chi connectivity index (χ1) is 8.11. The first kappa shape index (κ1) is 17.2. The third-order valence-corrected chi connectivity index (χ3v) is 4.03. The Balaban J connectivity index is 4.28. The van der Waals surface area contributed by atoms with E-state index in [0.29, 0.717) is 0 Å². The molecule has 0 rings (SSSR count). The second kappa shape index (κ2) is 7.63. The van der Waals surface area contributed by atoms with Gasteiger partial charge in [-0.1, -0.05) is 13.8 Å². The van der Waals surface area contributed by atoms with Gasteiger partial charge in [0.15, 0.2) is 0 Å². The number of nitrogens with one attached hydrogen (secondary N) is 1. The second-order valence-electron chi connectivity index (χ2n) is 4.24. The van der Waals surface area contributed by atoms with E-state index in [9.17, 15) is 18.0 Å². The molecule has 0 aliphatic heterocycles. The highest BCUT2D eigenvalue weighted by molar-refractivity contribution is 8.00. The van der Waals surface area contributed by atoms with Crippen LogP contribution in [0.25, 0.3) is 0 Å². The Labute approximate surface area is 111 Å². The molecule has 0 heterocycles. The first-order valence-corrected chi connectivity index (χ1v) is 8.54. The van der Waals surface area contributed by atoms with Gasteiger partial charge in [-0.05, 0) is 11.7 Å². The van der Waals surface area contributed by atoms with Crippen molar-refractivity contribution in [2.24, 2.45) is 0 Å². The molecule has 0 aromatic rings. The molecule has 0 saturated carbocycles. The largest absolute Gasteiger partial charge is 0.480 e. The van der Waals surface area contributed by atoms with Crippen LogP contribution in [0.3, 0.4) is 0 Å². The Bertz CT molecular complexity index is 391. The number of thioether (sulfide) groups is 1. The van der Waals surface area contributed by atoms with Crippen molar-refractivity contribution in [3.8, 4) is 0 Å². The number of carboxylic acids is 1. The Hall–Kier alpha value is -0.760. The van der Waals surface area contributed by atoms with Gasteiger partial charge < -0.3 is 10.4 Å². The van der Waals surface area contributed by atoms with E-state index in [1.54, 1.807) is 0 Å². The Morgan fingerprint density at radius 1 is 1.33 bits per heavy atom. The lowest BCUT2D eigenvalue weighted by molar-refractivity contribution is -0.141. The lowest BCUT2D eigenvalue weighted by Gasteiger charge is -2.14. The number of carboxylic acid groups (broad SMARTS) is 1. The van der Waals surface area contributed by atoms with Crippen LogP contribution in [-0.4, -0.2) is 54.5 Å². The van der Waals surface area contributed by atoms with Crippen LogP contribution in [0.4, 0.5) is 0 Å². The summed E-state index contributed by atoms with van der Waals surface area (Å²) >= 11 is 1.39. The second-order valence-corrected chi connectivity index (χ2v) is 8.06. The molecule has 0 aromatic carbocycles. The van der Waals surface area contributed by atoms with Crippen LogP contribution in [0.15, 0.2) is 0 Å². The van der Waals surface area contributed by atoms with Crippen molar-refractivity contribution in [2.45, 2.75) is 31.6 Å². The normalized spacial score (nSPS) is 13.3. The van der Waals surface area contributed by atoms with Gasteiger partial charge in [-0.25, -0.2) is 13.2 Å². The molecule has 0 saturated heterocycles. The monoisotopic (exact) mass is 297 g/mol. The molecule has 0 spiro atoms. The van der Waals surface area contributed by atoms with Gasteiger partial charge >= 0.3 is 5.97 Å². The van der Waals surface area contributed by atoms with Crippen LogP contribution in [0.2, 0.25) is 0 Å². The lowest BCUT2D eigenvalue weighted by Crippen LogP contribution is -2.42.